The predicted octanol–water partition coefficient (Wildman–Crippen LogP) is 2.48. The summed E-state index contributed by atoms with van der Waals surface area (Å²) >= 11 is 0. The van der Waals surface area contributed by atoms with Crippen molar-refractivity contribution in [1.29, 1.82) is 0 Å². The average Bonchev–Trinajstić information content (AvgIpc) is 2.89. The molecule has 0 aliphatic carbocycles. The summed E-state index contributed by atoms with van der Waals surface area (Å²) in [6.07, 6.45) is 0. The molecule has 8 heteroatoms. The zero-order valence-electron chi connectivity index (χ0n) is 15.6. The van der Waals surface area contributed by atoms with Gasteiger partial charge < -0.3 is 14.2 Å². The number of sulfone groups is 1. The van der Waals surface area contributed by atoms with Gasteiger partial charge in [0.2, 0.25) is 11.7 Å². The molecule has 1 heterocycles. The van der Waals surface area contributed by atoms with Crippen LogP contribution in [0.5, 0.6) is 17.2 Å². The van der Waals surface area contributed by atoms with Gasteiger partial charge in [-0.05, 0) is 36.8 Å². The molecule has 0 radical (unpaired) electrons. The number of nitrogens with zero attached hydrogens (tertiary/aromatic N) is 1. The van der Waals surface area contributed by atoms with Gasteiger partial charge in [-0.15, -0.1) is 0 Å². The average molecular weight is 391 g/mol. The number of methoxy groups -OCH3 is 3. The van der Waals surface area contributed by atoms with E-state index in [4.69, 9.17) is 14.2 Å². The zero-order chi connectivity index (χ0) is 19.8. The Morgan fingerprint density at radius 2 is 1.52 bits per heavy atom. The van der Waals surface area contributed by atoms with Crippen LogP contribution in [0.15, 0.2) is 36.4 Å². The van der Waals surface area contributed by atoms with E-state index in [9.17, 15) is 13.2 Å². The molecular weight excluding hydrogens is 370 g/mol. The summed E-state index contributed by atoms with van der Waals surface area (Å²) in [5, 5.41) is -1.17. The summed E-state index contributed by atoms with van der Waals surface area (Å²) in [5.74, 6) is -0.0252. The molecule has 1 amide bonds. The van der Waals surface area contributed by atoms with Crippen molar-refractivity contribution < 1.29 is 27.4 Å². The minimum atomic E-state index is -3.74. The summed E-state index contributed by atoms with van der Waals surface area (Å²) in [5.41, 5.74) is 1.90. The molecule has 144 valence electrons. The number of carbonyl (C=O) groups is 1. The molecule has 2 aromatic carbocycles. The maximum absolute atomic E-state index is 12.8. The molecule has 0 N–H and O–H groups in total. The smallest absolute Gasteiger partial charge is 0.243 e. The third-order valence-electron chi connectivity index (χ3n) is 4.45. The molecule has 7 nitrogen and oxygen atoms in total. The van der Waals surface area contributed by atoms with Gasteiger partial charge in [-0.1, -0.05) is 17.7 Å². The third-order valence-corrected chi connectivity index (χ3v) is 6.26. The van der Waals surface area contributed by atoms with Crippen molar-refractivity contribution in [3.05, 3.63) is 47.5 Å². The zero-order valence-corrected chi connectivity index (χ0v) is 16.4. The van der Waals surface area contributed by atoms with Crippen LogP contribution in [0.25, 0.3) is 0 Å². The minimum absolute atomic E-state index is 0.324. The predicted molar refractivity (Wildman–Crippen MR) is 101 cm³/mol. The second kappa shape index (κ2) is 7.11. The quantitative estimate of drug-likeness (QED) is 0.779. The van der Waals surface area contributed by atoms with Crippen LogP contribution < -0.4 is 19.1 Å². The summed E-state index contributed by atoms with van der Waals surface area (Å²) in [6, 6.07) is 10.3. The van der Waals surface area contributed by atoms with Crippen molar-refractivity contribution in [3.8, 4) is 17.2 Å². The van der Waals surface area contributed by atoms with E-state index in [2.05, 4.69) is 0 Å². The molecule has 2 aromatic rings. The SMILES string of the molecule is COc1cc([C@H]2N(c3ccc(C)cc3)C(=O)CS2(=O)=O)cc(OC)c1OC. The van der Waals surface area contributed by atoms with Crippen LogP contribution in [0, 0.1) is 6.92 Å². The first-order valence-electron chi connectivity index (χ1n) is 8.22. The fourth-order valence-electron chi connectivity index (χ4n) is 3.20. The van der Waals surface area contributed by atoms with Crippen molar-refractivity contribution in [2.75, 3.05) is 32.0 Å². The van der Waals surface area contributed by atoms with Gasteiger partial charge >= 0.3 is 0 Å². The Labute approximate surface area is 158 Å². The lowest BCUT2D eigenvalue weighted by Crippen LogP contribution is -2.29. The number of ether oxygens (including phenoxy) is 3. The van der Waals surface area contributed by atoms with Crippen LogP contribution in [0.3, 0.4) is 0 Å². The minimum Gasteiger partial charge on any atom is -0.493 e. The van der Waals surface area contributed by atoms with E-state index in [1.165, 1.54) is 26.2 Å². The summed E-state index contributed by atoms with van der Waals surface area (Å²) in [4.78, 5) is 13.9. The Hall–Kier alpha value is -2.74. The molecular formula is C19H21NO6S. The van der Waals surface area contributed by atoms with Gasteiger partial charge in [0, 0.05) is 5.69 Å². The van der Waals surface area contributed by atoms with Crippen molar-refractivity contribution in [2.24, 2.45) is 0 Å². The van der Waals surface area contributed by atoms with E-state index in [0.29, 0.717) is 28.5 Å². The van der Waals surface area contributed by atoms with Gasteiger partial charge in [-0.3, -0.25) is 9.69 Å². The first kappa shape index (κ1) is 19.0. The van der Waals surface area contributed by atoms with E-state index in [-0.39, 0.29) is 0 Å². The molecule has 1 aliphatic rings. The number of hydrogen-bond acceptors (Lipinski definition) is 6. The third kappa shape index (κ3) is 3.32. The highest BCUT2D eigenvalue weighted by Crippen LogP contribution is 2.44. The number of rotatable bonds is 5. The molecule has 3 rings (SSSR count). The molecule has 1 saturated heterocycles. The van der Waals surface area contributed by atoms with Gasteiger partial charge in [-0.2, -0.15) is 0 Å². The molecule has 1 fully saturated rings. The summed E-state index contributed by atoms with van der Waals surface area (Å²) in [7, 11) is 0.628. The fourth-order valence-corrected chi connectivity index (χ4v) is 4.95. The van der Waals surface area contributed by atoms with Gasteiger partial charge in [0.15, 0.2) is 26.7 Å². The molecule has 0 spiro atoms. The van der Waals surface area contributed by atoms with E-state index in [1.807, 2.05) is 19.1 Å². The highest BCUT2D eigenvalue weighted by atomic mass is 32.2. The van der Waals surface area contributed by atoms with Crippen LogP contribution in [-0.2, 0) is 14.6 Å². The van der Waals surface area contributed by atoms with Crippen LogP contribution in [-0.4, -0.2) is 41.4 Å². The normalized spacial score (nSPS) is 18.4. The van der Waals surface area contributed by atoms with Crippen LogP contribution in [0.4, 0.5) is 5.69 Å². The van der Waals surface area contributed by atoms with Crippen molar-refractivity contribution >= 4 is 21.4 Å². The van der Waals surface area contributed by atoms with Gasteiger partial charge in [-0.25, -0.2) is 8.42 Å². The standard InChI is InChI=1S/C19H21NO6S/c1-12-5-7-14(8-6-12)20-17(21)11-27(22,23)19(20)13-9-15(24-2)18(26-4)16(10-13)25-3/h5-10,19H,11H2,1-4H3/t19-/m0/s1. The lowest BCUT2D eigenvalue weighted by molar-refractivity contribution is -0.115. The Bertz CT molecular complexity index is 943. The first-order valence-corrected chi connectivity index (χ1v) is 9.94. The Balaban J connectivity index is 2.19. The van der Waals surface area contributed by atoms with Crippen LogP contribution in [0.2, 0.25) is 0 Å². The molecule has 1 atom stereocenters. The second-order valence-corrected chi connectivity index (χ2v) is 8.28. The fraction of sp³-hybridized carbons (Fsp3) is 0.316. The van der Waals surface area contributed by atoms with E-state index < -0.39 is 26.9 Å². The second-order valence-electron chi connectivity index (χ2n) is 6.22. The molecule has 0 aromatic heterocycles. The molecule has 0 unspecified atom stereocenters. The van der Waals surface area contributed by atoms with E-state index >= 15 is 0 Å². The highest BCUT2D eigenvalue weighted by molar-refractivity contribution is 7.93. The van der Waals surface area contributed by atoms with Crippen LogP contribution in [0.1, 0.15) is 16.5 Å². The maximum atomic E-state index is 12.8. The Kier molecular flexibility index (Phi) is 5.01. The largest absolute Gasteiger partial charge is 0.493 e. The van der Waals surface area contributed by atoms with Gasteiger partial charge in [0.25, 0.3) is 0 Å². The number of carbonyl (C=O) groups excluding carboxylic acids is 1. The number of amides is 1. The van der Waals surface area contributed by atoms with Gasteiger partial charge in [0.1, 0.15) is 5.75 Å². The molecule has 1 aliphatic heterocycles. The maximum Gasteiger partial charge on any atom is 0.243 e. The lowest BCUT2D eigenvalue weighted by Gasteiger charge is -2.25. The van der Waals surface area contributed by atoms with Crippen molar-refractivity contribution in [1.82, 2.24) is 0 Å². The summed E-state index contributed by atoms with van der Waals surface area (Å²) in [6.45, 7) is 1.92. The number of hydrogen-bond donors (Lipinski definition) is 0. The number of aryl methyl sites for hydroxylation is 1. The molecule has 0 bridgehead atoms. The van der Waals surface area contributed by atoms with E-state index in [0.717, 1.165) is 5.56 Å². The summed E-state index contributed by atoms with van der Waals surface area (Å²) < 4.78 is 41.6. The lowest BCUT2D eigenvalue weighted by atomic mass is 10.1. The van der Waals surface area contributed by atoms with Crippen molar-refractivity contribution in [2.45, 2.75) is 12.3 Å². The van der Waals surface area contributed by atoms with Crippen LogP contribution >= 0.6 is 0 Å². The van der Waals surface area contributed by atoms with Gasteiger partial charge in [0.05, 0.1) is 21.3 Å². The number of benzene rings is 2. The molecule has 0 saturated carbocycles. The monoisotopic (exact) mass is 391 g/mol. The first-order chi connectivity index (χ1) is 12.8. The highest BCUT2D eigenvalue weighted by Gasteiger charge is 2.46. The topological polar surface area (TPSA) is 82.1 Å². The Morgan fingerprint density at radius 1 is 0.963 bits per heavy atom. The van der Waals surface area contributed by atoms with Crippen molar-refractivity contribution in [3.63, 3.8) is 0 Å². The van der Waals surface area contributed by atoms with E-state index in [1.54, 1.807) is 24.3 Å². The Morgan fingerprint density at radius 3 is 2.00 bits per heavy atom. The molecule has 27 heavy (non-hydrogen) atoms. The number of anilines is 1.